The number of fused-ring (bicyclic) bond motifs is 1. The monoisotopic (exact) mass is 328 g/mol. The molecule has 1 aliphatic heterocycles. The molecule has 0 aliphatic carbocycles. The molecule has 0 unspecified atom stereocenters. The Balaban J connectivity index is 1.52. The third-order valence-corrected chi connectivity index (χ3v) is 3.42. The Kier molecular flexibility index (Phi) is 4.51. The molecule has 0 bridgehead atoms. The lowest BCUT2D eigenvalue weighted by molar-refractivity contribution is -0.115. The predicted molar refractivity (Wildman–Crippen MR) is 86.5 cm³/mol. The Morgan fingerprint density at radius 1 is 1.08 bits per heavy atom. The zero-order chi connectivity index (χ0) is 16.9. The smallest absolute Gasteiger partial charge is 0.251 e. The molecule has 124 valence electrons. The second kappa shape index (κ2) is 6.91. The van der Waals surface area contributed by atoms with Crippen molar-refractivity contribution in [2.24, 2.45) is 0 Å². The van der Waals surface area contributed by atoms with Crippen LogP contribution in [0.2, 0.25) is 0 Å². The Bertz CT molecular complexity index is 758. The zero-order valence-corrected chi connectivity index (χ0v) is 13.0. The Morgan fingerprint density at radius 2 is 1.83 bits per heavy atom. The van der Waals surface area contributed by atoms with Crippen LogP contribution >= 0.6 is 0 Å². The van der Waals surface area contributed by atoms with Crippen molar-refractivity contribution in [3.8, 4) is 17.2 Å². The fourth-order valence-electron chi connectivity index (χ4n) is 2.18. The molecule has 2 aromatic carbocycles. The fourth-order valence-corrected chi connectivity index (χ4v) is 2.18. The third kappa shape index (κ3) is 3.57. The molecule has 0 fully saturated rings. The number of hydrogen-bond acceptors (Lipinski definition) is 5. The lowest BCUT2D eigenvalue weighted by Gasteiger charge is -2.08. The molecule has 2 N–H and O–H groups in total. The summed E-state index contributed by atoms with van der Waals surface area (Å²) in [5, 5.41) is 5.25. The fraction of sp³-hybridized carbons (Fsp3) is 0.176. The Morgan fingerprint density at radius 3 is 2.58 bits per heavy atom. The summed E-state index contributed by atoms with van der Waals surface area (Å²) in [5.74, 6) is 1.13. The van der Waals surface area contributed by atoms with Gasteiger partial charge in [-0.05, 0) is 42.5 Å². The number of ether oxygens (including phenoxy) is 3. The second-order valence-corrected chi connectivity index (χ2v) is 5.03. The highest BCUT2D eigenvalue weighted by molar-refractivity contribution is 5.99. The van der Waals surface area contributed by atoms with E-state index >= 15 is 0 Å². The molecule has 2 amide bonds. The first-order valence-corrected chi connectivity index (χ1v) is 7.27. The summed E-state index contributed by atoms with van der Waals surface area (Å²) in [7, 11) is 1.57. The summed E-state index contributed by atoms with van der Waals surface area (Å²) >= 11 is 0. The van der Waals surface area contributed by atoms with Gasteiger partial charge in [-0.1, -0.05) is 0 Å². The van der Waals surface area contributed by atoms with Gasteiger partial charge in [0.25, 0.3) is 5.91 Å². The van der Waals surface area contributed by atoms with Gasteiger partial charge in [-0.25, -0.2) is 0 Å². The van der Waals surface area contributed by atoms with Crippen LogP contribution in [0, 0.1) is 0 Å². The largest absolute Gasteiger partial charge is 0.497 e. The van der Waals surface area contributed by atoms with E-state index in [1.54, 1.807) is 49.6 Å². The van der Waals surface area contributed by atoms with E-state index in [4.69, 9.17) is 14.2 Å². The van der Waals surface area contributed by atoms with E-state index in [1.807, 2.05) is 0 Å². The van der Waals surface area contributed by atoms with Gasteiger partial charge in [0.2, 0.25) is 12.7 Å². The zero-order valence-electron chi connectivity index (χ0n) is 13.0. The summed E-state index contributed by atoms with van der Waals surface area (Å²) in [4.78, 5) is 24.0. The highest BCUT2D eigenvalue weighted by atomic mass is 16.7. The minimum atomic E-state index is -0.363. The normalized spacial score (nSPS) is 11.7. The number of rotatable bonds is 5. The minimum absolute atomic E-state index is 0.140. The van der Waals surface area contributed by atoms with Gasteiger partial charge in [-0.15, -0.1) is 0 Å². The van der Waals surface area contributed by atoms with Crippen molar-refractivity contribution in [2.45, 2.75) is 0 Å². The summed E-state index contributed by atoms with van der Waals surface area (Å²) in [6.45, 7) is 0.00395. The van der Waals surface area contributed by atoms with Gasteiger partial charge in [0.1, 0.15) is 5.75 Å². The third-order valence-electron chi connectivity index (χ3n) is 3.42. The van der Waals surface area contributed by atoms with Crippen LogP contribution in [0.3, 0.4) is 0 Å². The first kappa shape index (κ1) is 15.7. The first-order chi connectivity index (χ1) is 11.7. The molecule has 7 nitrogen and oxygen atoms in total. The second-order valence-electron chi connectivity index (χ2n) is 5.03. The number of anilines is 1. The van der Waals surface area contributed by atoms with E-state index in [1.165, 1.54) is 0 Å². The van der Waals surface area contributed by atoms with E-state index in [0.29, 0.717) is 28.5 Å². The lowest BCUT2D eigenvalue weighted by atomic mass is 10.2. The van der Waals surface area contributed by atoms with Crippen LogP contribution < -0.4 is 24.8 Å². The maximum Gasteiger partial charge on any atom is 0.251 e. The number of benzene rings is 2. The highest BCUT2D eigenvalue weighted by Gasteiger charge is 2.16. The molecule has 1 aliphatic rings. The van der Waals surface area contributed by atoms with Gasteiger partial charge in [0.15, 0.2) is 11.5 Å². The predicted octanol–water partition coefficient (Wildman–Crippen LogP) is 1.79. The van der Waals surface area contributed by atoms with Gasteiger partial charge >= 0.3 is 0 Å². The van der Waals surface area contributed by atoms with Crippen LogP contribution in [-0.2, 0) is 4.79 Å². The maximum atomic E-state index is 12.1. The van der Waals surface area contributed by atoms with Crippen molar-refractivity contribution >= 4 is 17.5 Å². The van der Waals surface area contributed by atoms with Crippen molar-refractivity contribution < 1.29 is 23.8 Å². The molecule has 0 saturated carbocycles. The summed E-state index contributed by atoms with van der Waals surface area (Å²) in [6, 6.07) is 11.8. The lowest BCUT2D eigenvalue weighted by Crippen LogP contribution is -2.32. The van der Waals surface area contributed by atoms with E-state index in [2.05, 4.69) is 10.6 Å². The molecule has 0 atom stereocenters. The van der Waals surface area contributed by atoms with Gasteiger partial charge < -0.3 is 24.8 Å². The van der Waals surface area contributed by atoms with Crippen LogP contribution in [0.4, 0.5) is 5.69 Å². The van der Waals surface area contributed by atoms with Crippen molar-refractivity contribution in [1.29, 1.82) is 0 Å². The van der Waals surface area contributed by atoms with Gasteiger partial charge in [0, 0.05) is 11.3 Å². The highest BCUT2D eigenvalue weighted by Crippen LogP contribution is 2.32. The summed E-state index contributed by atoms with van der Waals surface area (Å²) in [6.07, 6.45) is 0. The van der Waals surface area contributed by atoms with E-state index in [0.717, 1.165) is 0 Å². The van der Waals surface area contributed by atoms with Gasteiger partial charge in [-0.3, -0.25) is 9.59 Å². The number of carbonyl (C=O) groups excluding carboxylic acids is 2. The molecule has 1 heterocycles. The van der Waals surface area contributed by atoms with Crippen molar-refractivity contribution in [1.82, 2.24) is 5.32 Å². The molecule has 0 saturated heterocycles. The molecule has 0 spiro atoms. The molecule has 0 radical (unpaired) electrons. The summed E-state index contributed by atoms with van der Waals surface area (Å²) in [5.41, 5.74) is 1.02. The average molecular weight is 328 g/mol. The van der Waals surface area contributed by atoms with Crippen LogP contribution in [0.1, 0.15) is 10.4 Å². The topological polar surface area (TPSA) is 85.9 Å². The Hall–Kier alpha value is -3.22. The molecule has 0 aromatic heterocycles. The van der Waals surface area contributed by atoms with E-state index in [9.17, 15) is 9.59 Å². The molecule has 3 rings (SSSR count). The van der Waals surface area contributed by atoms with Crippen LogP contribution in [0.15, 0.2) is 42.5 Å². The van der Waals surface area contributed by atoms with Crippen LogP contribution in [-0.4, -0.2) is 32.3 Å². The van der Waals surface area contributed by atoms with E-state index in [-0.39, 0.29) is 25.2 Å². The van der Waals surface area contributed by atoms with Crippen LogP contribution in [0.5, 0.6) is 17.2 Å². The molecular weight excluding hydrogens is 312 g/mol. The van der Waals surface area contributed by atoms with Crippen molar-refractivity contribution in [3.63, 3.8) is 0 Å². The number of hydrogen-bond donors (Lipinski definition) is 2. The summed E-state index contributed by atoms with van der Waals surface area (Å²) < 4.78 is 15.5. The number of nitrogens with one attached hydrogen (secondary N) is 2. The van der Waals surface area contributed by atoms with Crippen molar-refractivity contribution in [2.75, 3.05) is 25.8 Å². The molecule has 24 heavy (non-hydrogen) atoms. The number of methoxy groups -OCH3 is 1. The molecular formula is C17H16N2O5. The number of amides is 2. The molecule has 7 heteroatoms. The first-order valence-electron chi connectivity index (χ1n) is 7.27. The SMILES string of the molecule is COc1ccc(NC(=O)CNC(=O)c2ccc3c(c2)OCO3)cc1. The molecule has 2 aromatic rings. The Labute approximate surface area is 138 Å². The number of carbonyl (C=O) groups is 2. The average Bonchev–Trinajstić information content (AvgIpc) is 3.08. The van der Waals surface area contributed by atoms with Crippen LogP contribution in [0.25, 0.3) is 0 Å². The minimum Gasteiger partial charge on any atom is -0.497 e. The maximum absolute atomic E-state index is 12.1. The van der Waals surface area contributed by atoms with E-state index < -0.39 is 0 Å². The van der Waals surface area contributed by atoms with Gasteiger partial charge in [-0.2, -0.15) is 0 Å². The quantitative estimate of drug-likeness (QED) is 0.874. The standard InChI is InChI=1S/C17H16N2O5/c1-22-13-5-3-12(4-6-13)19-16(20)9-18-17(21)11-2-7-14-15(8-11)24-10-23-14/h2-8H,9-10H2,1H3,(H,18,21)(H,19,20). The van der Waals surface area contributed by atoms with Gasteiger partial charge in [0.05, 0.1) is 13.7 Å². The van der Waals surface area contributed by atoms with Crippen molar-refractivity contribution in [3.05, 3.63) is 48.0 Å².